The van der Waals surface area contributed by atoms with Gasteiger partial charge in [0.2, 0.25) is 0 Å². The van der Waals surface area contributed by atoms with Crippen LogP contribution in [-0.4, -0.2) is 20.2 Å². The Hall–Kier alpha value is -0.450. The monoisotopic (exact) mass is 303 g/mol. The van der Waals surface area contributed by atoms with E-state index >= 15 is 0 Å². The maximum atomic E-state index is 5.85. The molecule has 1 fully saturated rings. The highest BCUT2D eigenvalue weighted by atomic mass is 127. The van der Waals surface area contributed by atoms with E-state index in [4.69, 9.17) is 4.74 Å². The zero-order valence-corrected chi connectivity index (χ0v) is 10.6. The Morgan fingerprint density at radius 1 is 1.36 bits per heavy atom. The molecule has 0 aromatic heterocycles. The topological polar surface area (TPSA) is 12.5 Å². The van der Waals surface area contributed by atoms with Crippen LogP contribution in [0.3, 0.4) is 0 Å². The maximum Gasteiger partial charge on any atom is 0.144 e. The normalized spacial score (nSPS) is 15.4. The van der Waals surface area contributed by atoms with E-state index in [1.165, 1.54) is 22.1 Å². The van der Waals surface area contributed by atoms with Gasteiger partial charge in [0.1, 0.15) is 5.75 Å². The van der Waals surface area contributed by atoms with Crippen molar-refractivity contribution < 1.29 is 4.74 Å². The molecule has 0 N–H and O–H groups in total. The van der Waals surface area contributed by atoms with Crippen molar-refractivity contribution in [3.8, 4) is 5.75 Å². The Bertz CT molecular complexity index is 334. The van der Waals surface area contributed by atoms with Crippen LogP contribution in [0.25, 0.3) is 0 Å². The molecule has 0 atom stereocenters. The maximum absolute atomic E-state index is 5.85. The summed E-state index contributed by atoms with van der Waals surface area (Å²) in [6.45, 7) is 0. The first-order valence-corrected chi connectivity index (χ1v) is 5.89. The number of nitrogens with zero attached hydrogens (tertiary/aromatic N) is 1. The van der Waals surface area contributed by atoms with Crippen molar-refractivity contribution in [3.63, 3.8) is 0 Å². The first-order valence-electron chi connectivity index (χ1n) is 4.81. The molecule has 1 aromatic rings. The average Bonchev–Trinajstić information content (AvgIpc) is 2.87. The lowest BCUT2D eigenvalue weighted by atomic mass is 10.3. The fourth-order valence-electron chi connectivity index (χ4n) is 1.39. The van der Waals surface area contributed by atoms with Crippen LogP contribution < -0.4 is 9.64 Å². The molecule has 1 aromatic carbocycles. The fraction of sp³-hybridized carbons (Fsp3) is 0.455. The van der Waals surface area contributed by atoms with Gasteiger partial charge in [-0.1, -0.05) is 6.07 Å². The third-order valence-corrected chi connectivity index (χ3v) is 3.09. The fourth-order valence-corrected chi connectivity index (χ4v) is 2.35. The molecule has 0 unspecified atom stereocenters. The minimum atomic E-state index is 0.465. The lowest BCUT2D eigenvalue weighted by Gasteiger charge is -2.19. The van der Waals surface area contributed by atoms with Crippen LogP contribution in [0.1, 0.15) is 12.8 Å². The SMILES string of the molecule is CN(C)c1c(I)cccc1OC1CC1. The van der Waals surface area contributed by atoms with E-state index in [1.807, 2.05) is 6.07 Å². The molecule has 1 aliphatic rings. The molecule has 3 heteroatoms. The number of hydrogen-bond donors (Lipinski definition) is 0. The van der Waals surface area contributed by atoms with Crippen molar-refractivity contribution in [2.24, 2.45) is 0 Å². The molecule has 2 nitrogen and oxygen atoms in total. The predicted molar refractivity (Wildman–Crippen MR) is 67.1 cm³/mol. The molecule has 76 valence electrons. The summed E-state index contributed by atoms with van der Waals surface area (Å²) in [6, 6.07) is 6.21. The van der Waals surface area contributed by atoms with Crippen LogP contribution in [0.5, 0.6) is 5.75 Å². The first kappa shape index (κ1) is 10.1. The molecular formula is C11H14INO. The molecule has 0 radical (unpaired) electrons. The molecule has 0 saturated heterocycles. The quantitative estimate of drug-likeness (QED) is 0.796. The van der Waals surface area contributed by atoms with Gasteiger partial charge in [0.15, 0.2) is 0 Å². The molecule has 0 bridgehead atoms. The average molecular weight is 303 g/mol. The smallest absolute Gasteiger partial charge is 0.144 e. The molecule has 1 aliphatic carbocycles. The lowest BCUT2D eigenvalue weighted by Crippen LogP contribution is -2.12. The van der Waals surface area contributed by atoms with Crippen molar-refractivity contribution in [1.82, 2.24) is 0 Å². The van der Waals surface area contributed by atoms with Gasteiger partial charge in [-0.2, -0.15) is 0 Å². The lowest BCUT2D eigenvalue weighted by molar-refractivity contribution is 0.304. The van der Waals surface area contributed by atoms with Gasteiger partial charge in [-0.15, -0.1) is 0 Å². The molecule has 2 rings (SSSR count). The van der Waals surface area contributed by atoms with Gasteiger partial charge in [-0.3, -0.25) is 0 Å². The number of halogens is 1. The second-order valence-electron chi connectivity index (χ2n) is 3.80. The second-order valence-corrected chi connectivity index (χ2v) is 4.96. The number of anilines is 1. The Kier molecular flexibility index (Phi) is 2.85. The molecule has 0 amide bonds. The van der Waals surface area contributed by atoms with Crippen LogP contribution in [0.2, 0.25) is 0 Å². The van der Waals surface area contributed by atoms with Crippen molar-refractivity contribution in [2.75, 3.05) is 19.0 Å². The van der Waals surface area contributed by atoms with E-state index in [9.17, 15) is 0 Å². The van der Waals surface area contributed by atoms with Crippen LogP contribution in [-0.2, 0) is 0 Å². The van der Waals surface area contributed by atoms with Crippen LogP contribution >= 0.6 is 22.6 Å². The van der Waals surface area contributed by atoms with E-state index in [-0.39, 0.29) is 0 Å². The van der Waals surface area contributed by atoms with Gasteiger partial charge >= 0.3 is 0 Å². The summed E-state index contributed by atoms with van der Waals surface area (Å²) in [4.78, 5) is 2.11. The second kappa shape index (κ2) is 3.96. The summed E-state index contributed by atoms with van der Waals surface area (Å²) < 4.78 is 7.09. The van der Waals surface area contributed by atoms with Crippen molar-refractivity contribution >= 4 is 28.3 Å². The summed E-state index contributed by atoms with van der Waals surface area (Å²) in [5, 5.41) is 0. The van der Waals surface area contributed by atoms with Crippen molar-refractivity contribution in [1.29, 1.82) is 0 Å². The minimum Gasteiger partial charge on any atom is -0.488 e. The van der Waals surface area contributed by atoms with E-state index in [1.54, 1.807) is 0 Å². The minimum absolute atomic E-state index is 0.465. The van der Waals surface area contributed by atoms with Gasteiger partial charge in [-0.05, 0) is 47.6 Å². The summed E-state index contributed by atoms with van der Waals surface area (Å²) >= 11 is 2.35. The standard InChI is InChI=1S/C11H14INO/c1-13(2)11-9(12)4-3-5-10(11)14-8-6-7-8/h3-5,8H,6-7H2,1-2H3. The predicted octanol–water partition coefficient (Wildman–Crippen LogP) is 2.90. The molecule has 0 spiro atoms. The summed E-state index contributed by atoms with van der Waals surface area (Å²) in [5.41, 5.74) is 1.19. The Morgan fingerprint density at radius 2 is 2.07 bits per heavy atom. The molecule has 0 heterocycles. The van der Waals surface area contributed by atoms with E-state index in [0.717, 1.165) is 5.75 Å². The third-order valence-electron chi connectivity index (χ3n) is 2.21. The molecular weight excluding hydrogens is 289 g/mol. The van der Waals surface area contributed by atoms with Gasteiger partial charge in [-0.25, -0.2) is 0 Å². The number of hydrogen-bond acceptors (Lipinski definition) is 2. The summed E-state index contributed by atoms with van der Waals surface area (Å²) in [6.07, 6.45) is 2.88. The zero-order chi connectivity index (χ0) is 10.1. The molecule has 0 aliphatic heterocycles. The number of ether oxygens (including phenoxy) is 1. The van der Waals surface area contributed by atoms with Crippen LogP contribution in [0.15, 0.2) is 18.2 Å². The zero-order valence-electron chi connectivity index (χ0n) is 8.46. The Labute approximate surface area is 98.4 Å². The van der Waals surface area contributed by atoms with Crippen molar-refractivity contribution in [2.45, 2.75) is 18.9 Å². The largest absolute Gasteiger partial charge is 0.488 e. The third kappa shape index (κ3) is 2.13. The Balaban J connectivity index is 2.30. The first-order chi connectivity index (χ1) is 6.68. The van der Waals surface area contributed by atoms with Crippen molar-refractivity contribution in [3.05, 3.63) is 21.8 Å². The van der Waals surface area contributed by atoms with E-state index in [2.05, 4.69) is 53.7 Å². The van der Waals surface area contributed by atoms with E-state index in [0.29, 0.717) is 6.10 Å². The van der Waals surface area contributed by atoms with Gasteiger partial charge in [0.25, 0.3) is 0 Å². The number of para-hydroxylation sites is 1. The number of rotatable bonds is 3. The van der Waals surface area contributed by atoms with Crippen LogP contribution in [0, 0.1) is 3.57 Å². The summed E-state index contributed by atoms with van der Waals surface area (Å²) in [7, 11) is 4.11. The molecule has 14 heavy (non-hydrogen) atoms. The highest BCUT2D eigenvalue weighted by molar-refractivity contribution is 14.1. The van der Waals surface area contributed by atoms with Gasteiger partial charge < -0.3 is 9.64 Å². The van der Waals surface area contributed by atoms with E-state index < -0.39 is 0 Å². The molecule has 1 saturated carbocycles. The van der Waals surface area contributed by atoms with Gasteiger partial charge in [0.05, 0.1) is 11.8 Å². The Morgan fingerprint density at radius 3 is 2.64 bits per heavy atom. The number of benzene rings is 1. The van der Waals surface area contributed by atoms with Gasteiger partial charge in [0, 0.05) is 17.7 Å². The highest BCUT2D eigenvalue weighted by Crippen LogP contribution is 2.36. The summed E-state index contributed by atoms with van der Waals surface area (Å²) in [5.74, 6) is 1.02. The highest BCUT2D eigenvalue weighted by Gasteiger charge is 2.25. The van der Waals surface area contributed by atoms with Crippen LogP contribution in [0.4, 0.5) is 5.69 Å².